The number of fused-ring (bicyclic) bond motifs is 1. The summed E-state index contributed by atoms with van der Waals surface area (Å²) in [6, 6.07) is 14.2. The highest BCUT2D eigenvalue weighted by molar-refractivity contribution is 6.15. The molecule has 2 N–H and O–H groups in total. The number of methoxy groups -OCH3 is 1. The number of aromatic nitrogens is 2. The molecule has 1 aliphatic carbocycles. The normalized spacial score (nSPS) is 15.6. The Morgan fingerprint density at radius 2 is 1.71 bits per heavy atom. The number of benzene rings is 3. The van der Waals surface area contributed by atoms with Gasteiger partial charge in [0.1, 0.15) is 23.3 Å². The van der Waals surface area contributed by atoms with Crippen LogP contribution < -0.4 is 24.8 Å². The SMILES string of the molecule is C=Cc1cc(NC(=O)C2(C(=O)Nc3ccc(F)cc3)CCC2)ccc1Oc1ncnc2cc(OCCCN3CCOCC3)c(OC)cc12. The minimum atomic E-state index is -1.22. The summed E-state index contributed by atoms with van der Waals surface area (Å²) < 4.78 is 36.7. The van der Waals surface area contributed by atoms with Crippen LogP contribution in [0.3, 0.4) is 0 Å². The summed E-state index contributed by atoms with van der Waals surface area (Å²) in [5.41, 5.74) is 0.909. The fourth-order valence-corrected chi connectivity index (χ4v) is 5.79. The van der Waals surface area contributed by atoms with Crippen molar-refractivity contribution in [3.63, 3.8) is 0 Å². The maximum absolute atomic E-state index is 13.4. The van der Waals surface area contributed by atoms with Crippen LogP contribution in [-0.2, 0) is 14.3 Å². The van der Waals surface area contributed by atoms with Crippen LogP contribution in [0, 0.1) is 11.2 Å². The third-order valence-electron chi connectivity index (χ3n) is 8.74. The third-order valence-corrected chi connectivity index (χ3v) is 8.74. The van der Waals surface area contributed by atoms with Crippen molar-refractivity contribution >= 4 is 40.2 Å². The van der Waals surface area contributed by atoms with Crippen LogP contribution in [0.5, 0.6) is 23.1 Å². The summed E-state index contributed by atoms with van der Waals surface area (Å²) in [5, 5.41) is 6.27. The second kappa shape index (κ2) is 14.8. The summed E-state index contributed by atoms with van der Waals surface area (Å²) in [5.74, 6) is 0.635. The first kappa shape index (κ1) is 32.9. The number of halogens is 1. The van der Waals surface area contributed by atoms with Crippen molar-refractivity contribution in [3.8, 4) is 23.1 Å². The van der Waals surface area contributed by atoms with Gasteiger partial charge >= 0.3 is 0 Å². The molecule has 1 aliphatic heterocycles. The van der Waals surface area contributed by atoms with E-state index >= 15 is 0 Å². The molecular weight excluding hydrogens is 617 g/mol. The van der Waals surface area contributed by atoms with E-state index in [0.717, 1.165) is 45.7 Å². The predicted molar refractivity (Wildman–Crippen MR) is 180 cm³/mol. The molecule has 0 radical (unpaired) electrons. The fraction of sp³-hybridized carbons (Fsp3) is 0.333. The number of carbonyl (C=O) groups excluding carboxylic acids is 2. The second-order valence-electron chi connectivity index (χ2n) is 11.8. The summed E-state index contributed by atoms with van der Waals surface area (Å²) in [7, 11) is 1.58. The van der Waals surface area contributed by atoms with Gasteiger partial charge in [0.25, 0.3) is 0 Å². The Hall–Kier alpha value is -5.07. The Kier molecular flexibility index (Phi) is 10.1. The van der Waals surface area contributed by atoms with Crippen molar-refractivity contribution in [2.75, 3.05) is 57.2 Å². The minimum Gasteiger partial charge on any atom is -0.493 e. The molecule has 0 unspecified atom stereocenters. The number of ether oxygens (including phenoxy) is 4. The third kappa shape index (κ3) is 7.24. The van der Waals surface area contributed by atoms with Gasteiger partial charge in [0.2, 0.25) is 17.7 Å². The summed E-state index contributed by atoms with van der Waals surface area (Å²) >= 11 is 0. The summed E-state index contributed by atoms with van der Waals surface area (Å²) in [4.78, 5) is 37.8. The maximum Gasteiger partial charge on any atom is 0.240 e. The maximum atomic E-state index is 13.4. The van der Waals surface area contributed by atoms with Gasteiger partial charge in [-0.05, 0) is 67.8 Å². The van der Waals surface area contributed by atoms with E-state index in [-0.39, 0.29) is 0 Å². The van der Waals surface area contributed by atoms with E-state index in [1.165, 1.54) is 30.6 Å². The van der Waals surface area contributed by atoms with Crippen molar-refractivity contribution < 1.29 is 32.9 Å². The molecule has 2 fully saturated rings. The lowest BCUT2D eigenvalue weighted by Crippen LogP contribution is -2.50. The number of anilines is 2. The molecule has 0 spiro atoms. The largest absolute Gasteiger partial charge is 0.493 e. The van der Waals surface area contributed by atoms with Gasteiger partial charge < -0.3 is 29.6 Å². The zero-order valence-corrected chi connectivity index (χ0v) is 26.8. The van der Waals surface area contributed by atoms with Crippen LogP contribution in [0.15, 0.2) is 67.5 Å². The van der Waals surface area contributed by atoms with Crippen LogP contribution in [0.1, 0.15) is 31.2 Å². The van der Waals surface area contributed by atoms with E-state index in [4.69, 9.17) is 18.9 Å². The topological polar surface area (TPSA) is 124 Å². The number of nitrogens with zero attached hydrogens (tertiary/aromatic N) is 3. The lowest BCUT2D eigenvalue weighted by molar-refractivity contribution is -0.142. The molecule has 1 saturated heterocycles. The Labute approximate surface area is 278 Å². The Morgan fingerprint density at radius 1 is 0.979 bits per heavy atom. The highest BCUT2D eigenvalue weighted by Crippen LogP contribution is 2.43. The highest BCUT2D eigenvalue weighted by atomic mass is 19.1. The fourth-order valence-electron chi connectivity index (χ4n) is 5.79. The number of morpholine rings is 1. The second-order valence-corrected chi connectivity index (χ2v) is 11.8. The van der Waals surface area contributed by atoms with E-state index in [2.05, 4.69) is 32.1 Å². The van der Waals surface area contributed by atoms with Gasteiger partial charge in [-0.15, -0.1) is 0 Å². The summed E-state index contributed by atoms with van der Waals surface area (Å²) in [6.45, 7) is 8.77. The van der Waals surface area contributed by atoms with Crippen molar-refractivity contribution in [1.82, 2.24) is 14.9 Å². The average molecular weight is 656 g/mol. The highest BCUT2D eigenvalue weighted by Gasteiger charge is 2.50. The van der Waals surface area contributed by atoms with Gasteiger partial charge in [-0.1, -0.05) is 19.1 Å². The molecule has 0 atom stereocenters. The first-order chi connectivity index (χ1) is 23.4. The van der Waals surface area contributed by atoms with Gasteiger partial charge in [-0.2, -0.15) is 0 Å². The van der Waals surface area contributed by atoms with Crippen LogP contribution in [-0.4, -0.2) is 73.2 Å². The van der Waals surface area contributed by atoms with Crippen molar-refractivity contribution in [2.45, 2.75) is 25.7 Å². The minimum absolute atomic E-state index is 0.308. The summed E-state index contributed by atoms with van der Waals surface area (Å²) in [6.07, 6.45) is 5.46. The van der Waals surface area contributed by atoms with Gasteiger partial charge in [0.15, 0.2) is 11.5 Å². The van der Waals surface area contributed by atoms with Crippen molar-refractivity contribution in [1.29, 1.82) is 0 Å². The van der Waals surface area contributed by atoms with Gasteiger partial charge in [-0.25, -0.2) is 14.4 Å². The molecule has 1 saturated carbocycles. The number of amides is 2. The van der Waals surface area contributed by atoms with Crippen LogP contribution in [0.4, 0.5) is 15.8 Å². The van der Waals surface area contributed by atoms with E-state index in [0.29, 0.717) is 70.4 Å². The monoisotopic (exact) mass is 655 g/mol. The molecule has 3 aromatic carbocycles. The lowest BCUT2D eigenvalue weighted by Gasteiger charge is -2.38. The molecule has 48 heavy (non-hydrogen) atoms. The van der Waals surface area contributed by atoms with Crippen LogP contribution >= 0.6 is 0 Å². The number of hydrogen-bond acceptors (Lipinski definition) is 9. The molecule has 2 aliphatic rings. The van der Waals surface area contributed by atoms with Gasteiger partial charge in [0, 0.05) is 42.6 Å². The Bertz CT molecular complexity index is 1790. The van der Waals surface area contributed by atoms with E-state index < -0.39 is 23.0 Å². The van der Waals surface area contributed by atoms with E-state index in [9.17, 15) is 14.0 Å². The van der Waals surface area contributed by atoms with Crippen molar-refractivity contribution in [2.24, 2.45) is 5.41 Å². The number of rotatable bonds is 13. The molecule has 250 valence electrons. The molecule has 2 amide bonds. The zero-order chi connectivity index (χ0) is 33.5. The Morgan fingerprint density at radius 3 is 2.40 bits per heavy atom. The molecule has 4 aromatic rings. The van der Waals surface area contributed by atoms with Gasteiger partial charge in [-0.3, -0.25) is 14.5 Å². The predicted octanol–water partition coefficient (Wildman–Crippen LogP) is 6.06. The number of hydrogen-bond donors (Lipinski definition) is 2. The lowest BCUT2D eigenvalue weighted by atomic mass is 9.67. The first-order valence-corrected chi connectivity index (χ1v) is 16.0. The number of nitrogens with one attached hydrogen (secondary N) is 2. The van der Waals surface area contributed by atoms with Gasteiger partial charge in [0.05, 0.1) is 37.8 Å². The molecule has 11 nitrogen and oxygen atoms in total. The average Bonchev–Trinajstić information content (AvgIpc) is 3.08. The standard InChI is InChI=1S/C36H38FN5O6/c1-3-24-20-27(41-35(44)36(12-4-13-36)34(43)40-26-8-6-25(37)7-9-26)10-11-30(24)48-33-28-21-31(45-2)32(22-29(28)38-23-39-33)47-17-5-14-42-15-18-46-19-16-42/h3,6-11,20-23H,1,4-5,12-19H2,2H3,(H,40,43)(H,41,44). The zero-order valence-electron chi connectivity index (χ0n) is 26.8. The molecular formula is C36H38FN5O6. The van der Waals surface area contributed by atoms with E-state index in [1.807, 2.05) is 6.07 Å². The quantitative estimate of drug-likeness (QED) is 0.131. The molecule has 1 aromatic heterocycles. The molecule has 6 rings (SSSR count). The van der Waals surface area contributed by atoms with Crippen molar-refractivity contribution in [3.05, 3.63) is 78.9 Å². The number of carbonyl (C=O) groups is 2. The first-order valence-electron chi connectivity index (χ1n) is 16.0. The molecule has 12 heteroatoms. The molecule has 2 heterocycles. The van der Waals surface area contributed by atoms with Crippen LogP contribution in [0.25, 0.3) is 17.0 Å². The van der Waals surface area contributed by atoms with E-state index in [1.54, 1.807) is 37.5 Å². The van der Waals surface area contributed by atoms with Crippen LogP contribution in [0.2, 0.25) is 0 Å². The molecule has 0 bridgehead atoms. The smallest absolute Gasteiger partial charge is 0.240 e. The Balaban J connectivity index is 1.14.